The van der Waals surface area contributed by atoms with Crippen LogP contribution in [-0.4, -0.2) is 19.2 Å². The van der Waals surface area contributed by atoms with Gasteiger partial charge in [-0.1, -0.05) is 12.1 Å². The molecule has 0 N–H and O–H groups in total. The Balaban J connectivity index is 3.04. The van der Waals surface area contributed by atoms with Crippen molar-refractivity contribution in [1.29, 1.82) is 0 Å². The van der Waals surface area contributed by atoms with Gasteiger partial charge in [-0.15, -0.1) is 0 Å². The normalized spacial score (nSPS) is 11.9. The predicted molar refractivity (Wildman–Crippen MR) is 62.3 cm³/mol. The number of hydrogen-bond donors (Lipinski definition) is 0. The number of hydrogen-bond acceptors (Lipinski definition) is 3. The minimum Gasteiger partial charge on any atom is -0.349 e. The highest BCUT2D eigenvalue weighted by atomic mass is 32.2. The number of sulfone groups is 1. The first-order valence-electron chi connectivity index (χ1n) is 4.69. The maximum atomic E-state index is 11.9. The number of fused-ring (bicyclic) bond motifs is 1. The maximum absolute atomic E-state index is 11.9. The molecule has 16 heavy (non-hydrogen) atoms. The molecule has 0 aliphatic heterocycles. The summed E-state index contributed by atoms with van der Waals surface area (Å²) in [6, 6.07) is 6.94. The molecule has 0 fully saturated rings. The van der Waals surface area contributed by atoms with E-state index in [9.17, 15) is 13.2 Å². The molecule has 4 nitrogen and oxygen atoms in total. The molecule has 0 amide bonds. The minimum atomic E-state index is -3.48. The number of aryl methyl sites for hydroxylation is 1. The molecule has 1 aromatic carbocycles. The molecule has 0 unspecified atom stereocenters. The van der Waals surface area contributed by atoms with Crippen LogP contribution in [0.1, 0.15) is 0 Å². The molecule has 0 spiro atoms. The van der Waals surface area contributed by atoms with E-state index in [1.807, 2.05) is 6.07 Å². The Hall–Kier alpha value is -1.62. The number of para-hydroxylation sites is 1. The quantitative estimate of drug-likeness (QED) is 0.741. The van der Waals surface area contributed by atoms with Crippen LogP contribution in [0.25, 0.3) is 10.9 Å². The highest BCUT2D eigenvalue weighted by Gasteiger charge is 2.15. The van der Waals surface area contributed by atoms with E-state index in [4.69, 9.17) is 0 Å². The third-order valence-electron chi connectivity index (χ3n) is 2.46. The van der Waals surface area contributed by atoms with Crippen molar-refractivity contribution in [1.82, 2.24) is 4.57 Å². The number of nitrogens with zero attached hydrogens (tertiary/aromatic N) is 1. The molecule has 5 heteroatoms. The molecule has 1 heterocycles. The standard InChI is InChI=1S/C11H11NO3S/c1-12-7-10(16(2,14)15)11(13)8-5-3-4-6-9(8)12/h3-7H,1-2H3. The van der Waals surface area contributed by atoms with Crippen molar-refractivity contribution in [3.05, 3.63) is 40.7 Å². The van der Waals surface area contributed by atoms with Crippen LogP contribution in [0.5, 0.6) is 0 Å². The van der Waals surface area contributed by atoms with Crippen LogP contribution < -0.4 is 5.43 Å². The van der Waals surface area contributed by atoms with E-state index < -0.39 is 15.3 Å². The fraction of sp³-hybridized carbons (Fsp3) is 0.182. The van der Waals surface area contributed by atoms with Crippen LogP contribution in [0.4, 0.5) is 0 Å². The summed E-state index contributed by atoms with van der Waals surface area (Å²) in [5, 5.41) is 0.424. The van der Waals surface area contributed by atoms with Crippen LogP contribution in [0.2, 0.25) is 0 Å². The molecule has 0 radical (unpaired) electrons. The summed E-state index contributed by atoms with van der Waals surface area (Å²) >= 11 is 0. The van der Waals surface area contributed by atoms with Crippen molar-refractivity contribution < 1.29 is 8.42 Å². The molecule has 2 rings (SSSR count). The molecular formula is C11H11NO3S. The Labute approximate surface area is 93.1 Å². The first-order chi connectivity index (χ1) is 7.41. The summed E-state index contributed by atoms with van der Waals surface area (Å²) < 4.78 is 24.5. The second kappa shape index (κ2) is 3.45. The topological polar surface area (TPSA) is 56.1 Å². The third kappa shape index (κ3) is 1.63. The zero-order chi connectivity index (χ0) is 11.9. The molecule has 2 aromatic rings. The van der Waals surface area contributed by atoms with Gasteiger partial charge < -0.3 is 4.57 Å². The van der Waals surface area contributed by atoms with E-state index >= 15 is 0 Å². The molecular weight excluding hydrogens is 226 g/mol. The van der Waals surface area contributed by atoms with Gasteiger partial charge in [0.15, 0.2) is 9.84 Å². The lowest BCUT2D eigenvalue weighted by Gasteiger charge is -2.07. The van der Waals surface area contributed by atoms with Gasteiger partial charge >= 0.3 is 0 Å². The molecule has 84 valence electrons. The van der Waals surface area contributed by atoms with Crippen LogP contribution >= 0.6 is 0 Å². The van der Waals surface area contributed by atoms with E-state index in [0.717, 1.165) is 11.8 Å². The number of benzene rings is 1. The predicted octanol–water partition coefficient (Wildman–Crippen LogP) is 0.942. The third-order valence-corrected chi connectivity index (χ3v) is 3.55. The molecule has 0 saturated heterocycles. The van der Waals surface area contributed by atoms with Crippen molar-refractivity contribution in [3.8, 4) is 0 Å². The van der Waals surface area contributed by atoms with E-state index in [2.05, 4.69) is 0 Å². The zero-order valence-corrected chi connectivity index (χ0v) is 9.78. The maximum Gasteiger partial charge on any atom is 0.208 e. The Morgan fingerprint density at radius 1 is 1.19 bits per heavy atom. The van der Waals surface area contributed by atoms with Gasteiger partial charge in [0.25, 0.3) is 0 Å². The van der Waals surface area contributed by atoms with Gasteiger partial charge in [0, 0.05) is 24.9 Å². The average Bonchev–Trinajstić information content (AvgIpc) is 2.22. The summed E-state index contributed by atoms with van der Waals surface area (Å²) in [4.78, 5) is 11.8. The SMILES string of the molecule is Cn1cc(S(C)(=O)=O)c(=O)c2ccccc21. The summed E-state index contributed by atoms with van der Waals surface area (Å²) in [7, 11) is -1.76. The Morgan fingerprint density at radius 3 is 2.44 bits per heavy atom. The highest BCUT2D eigenvalue weighted by Crippen LogP contribution is 2.12. The summed E-state index contributed by atoms with van der Waals surface area (Å²) in [5.74, 6) is 0. The lowest BCUT2D eigenvalue weighted by atomic mass is 10.2. The molecule has 0 bridgehead atoms. The first-order valence-corrected chi connectivity index (χ1v) is 6.59. The Kier molecular flexibility index (Phi) is 2.35. The van der Waals surface area contributed by atoms with Gasteiger partial charge in [0.05, 0.1) is 5.52 Å². The first kappa shape index (κ1) is 10.9. The van der Waals surface area contributed by atoms with Crippen molar-refractivity contribution >= 4 is 20.7 Å². The zero-order valence-electron chi connectivity index (χ0n) is 8.97. The van der Waals surface area contributed by atoms with E-state index in [1.54, 1.807) is 29.8 Å². The molecule has 0 aliphatic carbocycles. The van der Waals surface area contributed by atoms with Gasteiger partial charge in [-0.25, -0.2) is 8.42 Å². The number of pyridine rings is 1. The van der Waals surface area contributed by atoms with Crippen LogP contribution in [0, 0.1) is 0 Å². The summed E-state index contributed by atoms with van der Waals surface area (Å²) in [6.07, 6.45) is 2.40. The van der Waals surface area contributed by atoms with E-state index in [1.165, 1.54) is 6.20 Å². The average molecular weight is 237 g/mol. The molecule has 1 aromatic heterocycles. The van der Waals surface area contributed by atoms with Crippen LogP contribution in [-0.2, 0) is 16.9 Å². The monoisotopic (exact) mass is 237 g/mol. The van der Waals surface area contributed by atoms with Gasteiger partial charge in [0.2, 0.25) is 5.43 Å². The molecule has 0 atom stereocenters. The fourth-order valence-electron chi connectivity index (χ4n) is 1.67. The van der Waals surface area contributed by atoms with Gasteiger partial charge in [-0.2, -0.15) is 0 Å². The second-order valence-electron chi connectivity index (χ2n) is 3.72. The van der Waals surface area contributed by atoms with Gasteiger partial charge in [-0.05, 0) is 12.1 Å². The Morgan fingerprint density at radius 2 is 1.81 bits per heavy atom. The van der Waals surface area contributed by atoms with Gasteiger partial charge in [-0.3, -0.25) is 4.79 Å². The molecule has 0 aliphatic rings. The minimum absolute atomic E-state index is 0.159. The van der Waals surface area contributed by atoms with Crippen molar-refractivity contribution in [2.75, 3.05) is 6.26 Å². The fourth-order valence-corrected chi connectivity index (χ4v) is 2.47. The van der Waals surface area contributed by atoms with Crippen LogP contribution in [0.15, 0.2) is 40.2 Å². The Bertz CT molecular complexity index is 714. The number of rotatable bonds is 1. The lowest BCUT2D eigenvalue weighted by Crippen LogP contribution is -2.17. The summed E-state index contributed by atoms with van der Waals surface area (Å²) in [6.45, 7) is 0. The van der Waals surface area contributed by atoms with E-state index in [0.29, 0.717) is 5.39 Å². The highest BCUT2D eigenvalue weighted by molar-refractivity contribution is 7.90. The smallest absolute Gasteiger partial charge is 0.208 e. The van der Waals surface area contributed by atoms with Gasteiger partial charge in [0.1, 0.15) is 4.90 Å². The number of aromatic nitrogens is 1. The van der Waals surface area contributed by atoms with Crippen molar-refractivity contribution in [2.45, 2.75) is 4.90 Å². The van der Waals surface area contributed by atoms with E-state index in [-0.39, 0.29) is 4.90 Å². The summed E-state index contributed by atoms with van der Waals surface area (Å²) in [5.41, 5.74) is 0.288. The largest absolute Gasteiger partial charge is 0.349 e. The van der Waals surface area contributed by atoms with Crippen molar-refractivity contribution in [2.24, 2.45) is 7.05 Å². The van der Waals surface area contributed by atoms with Crippen LogP contribution in [0.3, 0.4) is 0 Å². The second-order valence-corrected chi connectivity index (χ2v) is 5.71. The van der Waals surface area contributed by atoms with Crippen molar-refractivity contribution in [3.63, 3.8) is 0 Å². The molecule has 0 saturated carbocycles. The lowest BCUT2D eigenvalue weighted by molar-refractivity contribution is 0.600.